The minimum Gasteiger partial charge on any atom is -0.406 e. The third-order valence-corrected chi connectivity index (χ3v) is 5.08. The molecular weight excluding hydrogens is 379 g/mol. The van der Waals surface area contributed by atoms with Gasteiger partial charge >= 0.3 is 6.36 Å². The zero-order valence-corrected chi connectivity index (χ0v) is 16.2. The van der Waals surface area contributed by atoms with E-state index in [-0.39, 0.29) is 11.7 Å². The SMILES string of the molecule is CCN(CC)CCN(C)C(=O)c1cnc(-c2ccc(OC(F)(F)F)cc2)s1. The Morgan fingerprint density at radius 2 is 1.78 bits per heavy atom. The number of likely N-dealkylation sites (N-methyl/N-ethyl adjacent to an activating group) is 2. The number of alkyl halides is 3. The van der Waals surface area contributed by atoms with Crippen molar-refractivity contribution >= 4 is 17.2 Å². The van der Waals surface area contributed by atoms with Gasteiger partial charge in [-0.2, -0.15) is 0 Å². The van der Waals surface area contributed by atoms with Crippen LogP contribution in [0.1, 0.15) is 23.5 Å². The van der Waals surface area contributed by atoms with Gasteiger partial charge in [-0.25, -0.2) is 4.98 Å². The summed E-state index contributed by atoms with van der Waals surface area (Å²) in [6.07, 6.45) is -3.23. The summed E-state index contributed by atoms with van der Waals surface area (Å²) in [6.45, 7) is 7.41. The van der Waals surface area contributed by atoms with Crippen LogP contribution in [0.15, 0.2) is 30.5 Å². The first-order valence-corrected chi connectivity index (χ1v) is 9.35. The van der Waals surface area contributed by atoms with E-state index in [0.29, 0.717) is 22.0 Å². The van der Waals surface area contributed by atoms with Crippen LogP contribution in [0.3, 0.4) is 0 Å². The smallest absolute Gasteiger partial charge is 0.406 e. The minimum absolute atomic E-state index is 0.122. The Balaban J connectivity index is 2.02. The molecule has 148 valence electrons. The van der Waals surface area contributed by atoms with Gasteiger partial charge in [-0.05, 0) is 37.4 Å². The Kier molecular flexibility index (Phi) is 7.20. The number of nitrogens with zero attached hydrogens (tertiary/aromatic N) is 3. The fourth-order valence-electron chi connectivity index (χ4n) is 2.43. The van der Waals surface area contributed by atoms with E-state index in [1.165, 1.54) is 41.8 Å². The van der Waals surface area contributed by atoms with Gasteiger partial charge in [0.1, 0.15) is 15.6 Å². The van der Waals surface area contributed by atoms with E-state index in [1.807, 2.05) is 0 Å². The molecule has 0 N–H and O–H groups in total. The Morgan fingerprint density at radius 1 is 1.15 bits per heavy atom. The van der Waals surface area contributed by atoms with E-state index < -0.39 is 6.36 Å². The second-order valence-corrected chi connectivity index (χ2v) is 6.89. The molecule has 0 radical (unpaired) electrons. The Morgan fingerprint density at radius 3 is 2.33 bits per heavy atom. The van der Waals surface area contributed by atoms with E-state index in [1.54, 1.807) is 11.9 Å². The number of halogens is 3. The predicted molar refractivity (Wildman–Crippen MR) is 99.0 cm³/mol. The van der Waals surface area contributed by atoms with Crippen molar-refractivity contribution in [3.05, 3.63) is 35.3 Å². The van der Waals surface area contributed by atoms with Gasteiger partial charge in [-0.3, -0.25) is 4.79 Å². The van der Waals surface area contributed by atoms with Crippen molar-refractivity contribution in [3.63, 3.8) is 0 Å². The first-order chi connectivity index (χ1) is 12.7. The third-order valence-electron chi connectivity index (χ3n) is 4.04. The molecule has 27 heavy (non-hydrogen) atoms. The Bertz CT molecular complexity index is 743. The van der Waals surface area contributed by atoms with E-state index in [4.69, 9.17) is 0 Å². The summed E-state index contributed by atoms with van der Waals surface area (Å²) in [7, 11) is 1.74. The summed E-state index contributed by atoms with van der Waals surface area (Å²) in [5.41, 5.74) is 0.624. The number of carbonyl (C=O) groups excluding carboxylic acids is 1. The molecule has 0 atom stereocenters. The maximum absolute atomic E-state index is 12.5. The van der Waals surface area contributed by atoms with Gasteiger partial charge in [-0.1, -0.05) is 13.8 Å². The minimum atomic E-state index is -4.72. The molecule has 0 unspecified atom stereocenters. The van der Waals surface area contributed by atoms with Crippen LogP contribution < -0.4 is 4.74 Å². The number of aromatic nitrogens is 1. The molecule has 0 aliphatic carbocycles. The average molecular weight is 401 g/mol. The average Bonchev–Trinajstić information content (AvgIpc) is 3.11. The number of thiazole rings is 1. The molecule has 1 amide bonds. The van der Waals surface area contributed by atoms with Gasteiger partial charge in [0.25, 0.3) is 5.91 Å². The van der Waals surface area contributed by atoms with Gasteiger partial charge in [-0.15, -0.1) is 24.5 Å². The van der Waals surface area contributed by atoms with Crippen molar-refractivity contribution in [2.75, 3.05) is 33.2 Å². The van der Waals surface area contributed by atoms with E-state index in [0.717, 1.165) is 19.6 Å². The number of hydrogen-bond donors (Lipinski definition) is 0. The standard InChI is InChI=1S/C18H22F3N3O2S/c1-4-24(5-2)11-10-23(3)17(25)15-12-22-16(27-15)13-6-8-14(9-7-13)26-18(19,20)21/h6-9,12H,4-5,10-11H2,1-3H3. The maximum atomic E-state index is 12.5. The van der Waals surface area contributed by atoms with Gasteiger partial charge < -0.3 is 14.5 Å². The number of benzene rings is 1. The lowest BCUT2D eigenvalue weighted by atomic mass is 10.2. The maximum Gasteiger partial charge on any atom is 0.573 e. The number of ether oxygens (including phenoxy) is 1. The molecule has 0 saturated heterocycles. The zero-order chi connectivity index (χ0) is 20.0. The fourth-order valence-corrected chi connectivity index (χ4v) is 3.34. The van der Waals surface area contributed by atoms with Crippen LogP contribution >= 0.6 is 11.3 Å². The highest BCUT2D eigenvalue weighted by Gasteiger charge is 2.31. The molecule has 9 heteroatoms. The highest BCUT2D eigenvalue weighted by molar-refractivity contribution is 7.16. The van der Waals surface area contributed by atoms with E-state index in [9.17, 15) is 18.0 Å². The summed E-state index contributed by atoms with van der Waals surface area (Å²) in [6, 6.07) is 5.42. The molecule has 1 aromatic carbocycles. The number of carbonyl (C=O) groups is 1. The topological polar surface area (TPSA) is 45.7 Å². The van der Waals surface area contributed by atoms with Crippen molar-refractivity contribution in [1.82, 2.24) is 14.8 Å². The van der Waals surface area contributed by atoms with Crippen molar-refractivity contribution in [3.8, 4) is 16.3 Å². The van der Waals surface area contributed by atoms with Crippen molar-refractivity contribution in [2.24, 2.45) is 0 Å². The second kappa shape index (κ2) is 9.18. The van der Waals surface area contributed by atoms with Gasteiger partial charge in [0, 0.05) is 25.7 Å². The molecule has 2 rings (SSSR count). The molecule has 0 fully saturated rings. The molecule has 1 aromatic heterocycles. The van der Waals surface area contributed by atoms with Crippen LogP contribution in [0, 0.1) is 0 Å². The molecular formula is C18H22F3N3O2S. The number of amides is 1. The third kappa shape index (κ3) is 6.21. The first-order valence-electron chi connectivity index (χ1n) is 8.53. The molecule has 5 nitrogen and oxygen atoms in total. The summed E-state index contributed by atoms with van der Waals surface area (Å²) >= 11 is 1.21. The fraction of sp³-hybridized carbons (Fsp3) is 0.444. The highest BCUT2D eigenvalue weighted by Crippen LogP contribution is 2.29. The summed E-state index contributed by atoms with van der Waals surface area (Å²) in [4.78, 5) is 21.1. The number of hydrogen-bond acceptors (Lipinski definition) is 5. The lowest BCUT2D eigenvalue weighted by Gasteiger charge is -2.22. The largest absolute Gasteiger partial charge is 0.573 e. The van der Waals surface area contributed by atoms with Crippen LogP contribution in [0.2, 0.25) is 0 Å². The highest BCUT2D eigenvalue weighted by atomic mass is 32.1. The van der Waals surface area contributed by atoms with Crippen molar-refractivity contribution in [1.29, 1.82) is 0 Å². The van der Waals surface area contributed by atoms with Crippen LogP contribution in [-0.2, 0) is 0 Å². The molecule has 0 aliphatic rings. The van der Waals surface area contributed by atoms with Crippen molar-refractivity contribution in [2.45, 2.75) is 20.2 Å². The van der Waals surface area contributed by atoms with E-state index >= 15 is 0 Å². The summed E-state index contributed by atoms with van der Waals surface area (Å²) in [5.74, 6) is -0.418. The van der Waals surface area contributed by atoms with E-state index in [2.05, 4.69) is 28.5 Å². The second-order valence-electron chi connectivity index (χ2n) is 5.86. The molecule has 0 spiro atoms. The van der Waals surface area contributed by atoms with Crippen LogP contribution in [-0.4, -0.2) is 60.3 Å². The van der Waals surface area contributed by atoms with Crippen LogP contribution in [0.5, 0.6) is 5.75 Å². The molecule has 0 aliphatic heterocycles. The molecule has 0 bridgehead atoms. The normalized spacial score (nSPS) is 11.7. The number of rotatable bonds is 8. The molecule has 0 saturated carbocycles. The lowest BCUT2D eigenvalue weighted by Crippen LogP contribution is -2.36. The van der Waals surface area contributed by atoms with Crippen molar-refractivity contribution < 1.29 is 22.7 Å². The quantitative estimate of drug-likeness (QED) is 0.668. The van der Waals surface area contributed by atoms with Gasteiger partial charge in [0.05, 0.1) is 6.20 Å². The van der Waals surface area contributed by atoms with Gasteiger partial charge in [0.2, 0.25) is 0 Å². The molecule has 1 heterocycles. The van der Waals surface area contributed by atoms with Crippen LogP contribution in [0.4, 0.5) is 13.2 Å². The Hall–Kier alpha value is -2.13. The van der Waals surface area contributed by atoms with Gasteiger partial charge in [0.15, 0.2) is 0 Å². The first kappa shape index (κ1) is 21.2. The Labute approximate surface area is 160 Å². The monoisotopic (exact) mass is 401 g/mol. The summed E-state index contributed by atoms with van der Waals surface area (Å²) < 4.78 is 40.5. The zero-order valence-electron chi connectivity index (χ0n) is 15.4. The summed E-state index contributed by atoms with van der Waals surface area (Å²) in [5, 5.41) is 0.564. The predicted octanol–water partition coefficient (Wildman–Crippen LogP) is 4.12. The lowest BCUT2D eigenvalue weighted by molar-refractivity contribution is -0.274. The van der Waals surface area contributed by atoms with Crippen LogP contribution in [0.25, 0.3) is 10.6 Å². The molecule has 2 aromatic rings.